The number of rotatable bonds is 13. The molecule has 0 radical (unpaired) electrons. The molecule has 10 heteroatoms. The molecule has 2 aromatic rings. The maximum Gasteiger partial charge on any atom is 0.573 e. The van der Waals surface area contributed by atoms with Crippen LogP contribution in [0.25, 0.3) is 5.69 Å². The Kier molecular flexibility index (Phi) is 14.0. The van der Waals surface area contributed by atoms with Gasteiger partial charge in [0.2, 0.25) is 0 Å². The van der Waals surface area contributed by atoms with Crippen LogP contribution >= 0.6 is 0 Å². The Morgan fingerprint density at radius 1 is 1.05 bits per heavy atom. The number of hydrogen-bond acceptors (Lipinski definition) is 6. The van der Waals surface area contributed by atoms with Gasteiger partial charge in [-0.1, -0.05) is 34.1 Å². The first-order valence-corrected chi connectivity index (χ1v) is 13.7. The Labute approximate surface area is 225 Å². The van der Waals surface area contributed by atoms with Crippen molar-refractivity contribution in [2.24, 2.45) is 5.92 Å². The van der Waals surface area contributed by atoms with Crippen molar-refractivity contribution in [3.05, 3.63) is 36.0 Å². The summed E-state index contributed by atoms with van der Waals surface area (Å²) in [7, 11) is 1.60. The fraction of sp³-hybridized carbons (Fsp3) is 0.679. The van der Waals surface area contributed by atoms with Gasteiger partial charge in [-0.05, 0) is 56.0 Å². The summed E-state index contributed by atoms with van der Waals surface area (Å²) in [6.07, 6.45) is -0.240. The molecule has 0 N–H and O–H groups in total. The highest BCUT2D eigenvalue weighted by molar-refractivity contribution is 5.45. The van der Waals surface area contributed by atoms with Gasteiger partial charge in [0.25, 0.3) is 0 Å². The molecule has 1 aliphatic rings. The molecule has 1 fully saturated rings. The molecule has 1 aromatic heterocycles. The minimum absolute atomic E-state index is 0.261. The zero-order valence-corrected chi connectivity index (χ0v) is 23.6. The molecule has 7 nitrogen and oxygen atoms in total. The highest BCUT2D eigenvalue weighted by Gasteiger charge is 2.31. The van der Waals surface area contributed by atoms with E-state index in [-0.39, 0.29) is 5.75 Å². The van der Waals surface area contributed by atoms with Crippen molar-refractivity contribution >= 4 is 5.82 Å². The average molecular weight is 543 g/mol. The number of nitrogens with zero attached hydrogens (tertiary/aromatic N) is 4. The first-order valence-electron chi connectivity index (χ1n) is 13.7. The van der Waals surface area contributed by atoms with Crippen LogP contribution < -0.4 is 9.64 Å². The van der Waals surface area contributed by atoms with Crippen molar-refractivity contribution in [3.63, 3.8) is 0 Å². The fourth-order valence-corrected chi connectivity index (χ4v) is 4.16. The highest BCUT2D eigenvalue weighted by atomic mass is 19.4. The normalized spacial score (nSPS) is 15.1. The third-order valence-corrected chi connectivity index (χ3v) is 6.43. The number of aromatic nitrogens is 2. The van der Waals surface area contributed by atoms with Crippen molar-refractivity contribution in [2.75, 3.05) is 57.9 Å². The van der Waals surface area contributed by atoms with Crippen LogP contribution in [-0.4, -0.2) is 74.1 Å². The number of morpholine rings is 1. The molecule has 0 bridgehead atoms. The van der Waals surface area contributed by atoms with E-state index in [2.05, 4.69) is 42.2 Å². The molecule has 1 unspecified atom stereocenters. The van der Waals surface area contributed by atoms with Gasteiger partial charge in [0.05, 0.1) is 31.2 Å². The Hall–Kier alpha value is -2.30. The third-order valence-electron chi connectivity index (χ3n) is 6.43. The molecule has 1 saturated heterocycles. The molecular formula is C28H45F3N4O3. The van der Waals surface area contributed by atoms with Crippen molar-refractivity contribution in [3.8, 4) is 11.4 Å². The van der Waals surface area contributed by atoms with E-state index in [0.717, 1.165) is 70.2 Å². The fourth-order valence-electron chi connectivity index (χ4n) is 4.16. The lowest BCUT2D eigenvalue weighted by molar-refractivity contribution is -0.274. The molecule has 1 atom stereocenters. The van der Waals surface area contributed by atoms with Crippen LogP contribution in [0.5, 0.6) is 5.75 Å². The van der Waals surface area contributed by atoms with Crippen molar-refractivity contribution in [2.45, 2.75) is 66.3 Å². The van der Waals surface area contributed by atoms with E-state index >= 15 is 0 Å². The van der Waals surface area contributed by atoms with Crippen molar-refractivity contribution in [1.29, 1.82) is 0 Å². The Balaban J connectivity index is 0.000000474. The first-order chi connectivity index (χ1) is 18.2. The molecule has 0 spiro atoms. The molecule has 2 heterocycles. The SMILES string of the molecule is CCCN(CCC(C)CC)c1cc(COC)n(-c2ccc(OC(F)(F)F)cc2)n1.CCCN1CCOCC1. The molecule has 3 rings (SSSR count). The van der Waals surface area contributed by atoms with E-state index in [0.29, 0.717) is 18.2 Å². The minimum Gasteiger partial charge on any atom is -0.406 e. The van der Waals surface area contributed by atoms with E-state index in [4.69, 9.17) is 14.6 Å². The standard InChI is InChI=1S/C21H30F3N3O2.C7H15NO/c1-5-12-26(13-11-16(3)6-2)20-14-18(15-28-4)27(25-20)17-7-9-19(10-8-17)29-21(22,23)24;1-2-3-8-4-6-9-7-5-8/h7-10,14,16H,5-6,11-13,15H2,1-4H3;2-7H2,1H3. The van der Waals surface area contributed by atoms with Crippen LogP contribution in [0.2, 0.25) is 0 Å². The van der Waals surface area contributed by atoms with Crippen LogP contribution in [0, 0.1) is 5.92 Å². The van der Waals surface area contributed by atoms with Crippen LogP contribution in [0.3, 0.4) is 0 Å². The molecule has 0 amide bonds. The van der Waals surface area contributed by atoms with E-state index in [1.165, 1.54) is 25.1 Å². The zero-order valence-electron chi connectivity index (χ0n) is 23.6. The van der Waals surface area contributed by atoms with Crippen LogP contribution in [0.1, 0.15) is 59.1 Å². The van der Waals surface area contributed by atoms with Gasteiger partial charge in [0, 0.05) is 39.4 Å². The number of benzene rings is 1. The maximum absolute atomic E-state index is 12.4. The second kappa shape index (κ2) is 16.6. The zero-order chi connectivity index (χ0) is 28.0. The topological polar surface area (TPSA) is 52.0 Å². The molecule has 1 aliphatic heterocycles. The quantitative estimate of drug-likeness (QED) is 0.296. The Morgan fingerprint density at radius 2 is 1.74 bits per heavy atom. The van der Waals surface area contributed by atoms with Gasteiger partial charge in [0.15, 0.2) is 5.82 Å². The lowest BCUT2D eigenvalue weighted by Crippen LogP contribution is -2.36. The van der Waals surface area contributed by atoms with E-state index in [9.17, 15) is 13.2 Å². The Bertz CT molecular complexity index is 897. The summed E-state index contributed by atoms with van der Waals surface area (Å²) in [6, 6.07) is 7.66. The number of anilines is 1. The maximum atomic E-state index is 12.4. The molecule has 1 aromatic carbocycles. The summed E-state index contributed by atoms with van der Waals surface area (Å²) in [4.78, 5) is 4.70. The monoisotopic (exact) mass is 542 g/mol. The molecule has 38 heavy (non-hydrogen) atoms. The van der Waals surface area contributed by atoms with Gasteiger partial charge in [0.1, 0.15) is 5.75 Å². The number of ether oxygens (including phenoxy) is 3. The molecule has 0 aliphatic carbocycles. The first kappa shape index (κ1) is 31.9. The molecule has 0 saturated carbocycles. The predicted molar refractivity (Wildman–Crippen MR) is 145 cm³/mol. The van der Waals surface area contributed by atoms with E-state index in [1.807, 2.05) is 6.07 Å². The number of hydrogen-bond donors (Lipinski definition) is 0. The summed E-state index contributed by atoms with van der Waals surface area (Å²) >= 11 is 0. The summed E-state index contributed by atoms with van der Waals surface area (Å²) in [5.74, 6) is 1.22. The van der Waals surface area contributed by atoms with Gasteiger partial charge in [-0.2, -0.15) is 0 Å². The second-order valence-corrected chi connectivity index (χ2v) is 9.62. The van der Waals surface area contributed by atoms with Gasteiger partial charge < -0.3 is 19.1 Å². The highest BCUT2D eigenvalue weighted by Crippen LogP contribution is 2.26. The van der Waals surface area contributed by atoms with Crippen molar-refractivity contribution < 1.29 is 27.4 Å². The van der Waals surface area contributed by atoms with Gasteiger partial charge >= 0.3 is 6.36 Å². The third kappa shape index (κ3) is 11.2. The van der Waals surface area contributed by atoms with Gasteiger partial charge in [-0.3, -0.25) is 4.90 Å². The summed E-state index contributed by atoms with van der Waals surface area (Å²) in [5.41, 5.74) is 1.48. The molecule has 216 valence electrons. The van der Waals surface area contributed by atoms with E-state index < -0.39 is 6.36 Å². The number of alkyl halides is 3. The largest absolute Gasteiger partial charge is 0.573 e. The molecular weight excluding hydrogens is 497 g/mol. The smallest absolute Gasteiger partial charge is 0.406 e. The predicted octanol–water partition coefficient (Wildman–Crippen LogP) is 6.30. The number of halogens is 3. The number of methoxy groups -OCH3 is 1. The summed E-state index contributed by atoms with van der Waals surface area (Å²) < 4.78 is 53.3. The average Bonchev–Trinajstić information content (AvgIpc) is 3.31. The lowest BCUT2D eigenvalue weighted by atomic mass is 10.1. The summed E-state index contributed by atoms with van der Waals surface area (Å²) in [6.45, 7) is 16.3. The Morgan fingerprint density at radius 3 is 2.29 bits per heavy atom. The van der Waals surface area contributed by atoms with Gasteiger partial charge in [-0.25, -0.2) is 4.68 Å². The van der Waals surface area contributed by atoms with Crippen molar-refractivity contribution in [1.82, 2.24) is 14.7 Å². The van der Waals surface area contributed by atoms with E-state index in [1.54, 1.807) is 23.9 Å². The van der Waals surface area contributed by atoms with Gasteiger partial charge in [-0.15, -0.1) is 18.3 Å². The van der Waals surface area contributed by atoms with Crippen LogP contribution in [0.15, 0.2) is 30.3 Å². The minimum atomic E-state index is -4.71. The van der Waals surface area contributed by atoms with Crippen LogP contribution in [0.4, 0.5) is 19.0 Å². The van der Waals surface area contributed by atoms with Crippen LogP contribution in [-0.2, 0) is 16.1 Å². The second-order valence-electron chi connectivity index (χ2n) is 9.62. The summed E-state index contributed by atoms with van der Waals surface area (Å²) in [5, 5.41) is 4.73. The lowest BCUT2D eigenvalue weighted by Gasteiger charge is -2.25.